The van der Waals surface area contributed by atoms with Gasteiger partial charge in [-0.2, -0.15) is 0 Å². The normalized spacial score (nSPS) is 18.9. The average molecular weight is 105 g/mol. The third-order valence-electron chi connectivity index (χ3n) is 0.780. The van der Waals surface area contributed by atoms with Gasteiger partial charge in [-0.1, -0.05) is 0 Å². The van der Waals surface area contributed by atoms with E-state index in [1.54, 1.807) is 6.92 Å². The highest BCUT2D eigenvalue weighted by molar-refractivity contribution is 4.60. The maximum absolute atomic E-state index is 8.34. The lowest BCUT2D eigenvalue weighted by Crippen LogP contribution is -2.41. The molecule has 0 saturated carbocycles. The summed E-state index contributed by atoms with van der Waals surface area (Å²) in [4.78, 5) is 0. The number of aliphatic hydroxyl groups excluding tert-OH is 1. The van der Waals surface area contributed by atoms with Gasteiger partial charge < -0.3 is 15.6 Å². The van der Waals surface area contributed by atoms with Gasteiger partial charge >= 0.3 is 0 Å². The van der Waals surface area contributed by atoms with Crippen molar-refractivity contribution in [1.82, 2.24) is 0 Å². The number of nitrogens with two attached hydrogens (primary N) is 1. The van der Waals surface area contributed by atoms with E-state index in [1.807, 2.05) is 0 Å². The monoisotopic (exact) mass is 105 g/mol. The SMILES string of the molecule is CO[C@](C)(N)CO. The van der Waals surface area contributed by atoms with E-state index in [2.05, 4.69) is 4.74 Å². The van der Waals surface area contributed by atoms with E-state index in [0.29, 0.717) is 0 Å². The molecule has 0 saturated heterocycles. The van der Waals surface area contributed by atoms with Crippen LogP contribution < -0.4 is 5.73 Å². The molecule has 3 heteroatoms. The van der Waals surface area contributed by atoms with Crippen molar-refractivity contribution >= 4 is 0 Å². The van der Waals surface area contributed by atoms with E-state index in [4.69, 9.17) is 10.8 Å². The molecule has 0 radical (unpaired) electrons. The Morgan fingerprint density at radius 3 is 2.29 bits per heavy atom. The van der Waals surface area contributed by atoms with Gasteiger partial charge in [-0.25, -0.2) is 0 Å². The highest BCUT2D eigenvalue weighted by Gasteiger charge is 2.13. The molecule has 0 aromatic heterocycles. The van der Waals surface area contributed by atoms with Crippen LogP contribution in [-0.4, -0.2) is 24.5 Å². The molecule has 0 amide bonds. The van der Waals surface area contributed by atoms with E-state index < -0.39 is 5.72 Å². The Bertz CT molecular complexity index is 47.7. The van der Waals surface area contributed by atoms with Gasteiger partial charge in [0, 0.05) is 7.11 Å². The van der Waals surface area contributed by atoms with E-state index in [-0.39, 0.29) is 6.61 Å². The molecular weight excluding hydrogens is 94.0 g/mol. The van der Waals surface area contributed by atoms with Crippen molar-refractivity contribution in [2.45, 2.75) is 12.6 Å². The zero-order valence-electron chi connectivity index (χ0n) is 4.64. The first-order valence-corrected chi connectivity index (χ1v) is 2.07. The summed E-state index contributed by atoms with van der Waals surface area (Å²) in [5.74, 6) is 0. The first-order valence-electron chi connectivity index (χ1n) is 2.07. The zero-order valence-corrected chi connectivity index (χ0v) is 4.64. The number of hydrogen-bond donors (Lipinski definition) is 2. The Morgan fingerprint density at radius 2 is 2.29 bits per heavy atom. The van der Waals surface area contributed by atoms with Crippen LogP contribution in [0.25, 0.3) is 0 Å². The topological polar surface area (TPSA) is 55.5 Å². The van der Waals surface area contributed by atoms with Crippen LogP contribution in [0.2, 0.25) is 0 Å². The van der Waals surface area contributed by atoms with Gasteiger partial charge in [0.15, 0.2) is 0 Å². The van der Waals surface area contributed by atoms with Gasteiger partial charge in [-0.05, 0) is 6.92 Å². The van der Waals surface area contributed by atoms with Crippen molar-refractivity contribution in [3.05, 3.63) is 0 Å². The van der Waals surface area contributed by atoms with Crippen molar-refractivity contribution in [1.29, 1.82) is 0 Å². The summed E-state index contributed by atoms with van der Waals surface area (Å²) in [7, 11) is 1.45. The van der Waals surface area contributed by atoms with Crippen LogP contribution in [0.4, 0.5) is 0 Å². The highest BCUT2D eigenvalue weighted by atomic mass is 16.5. The summed E-state index contributed by atoms with van der Waals surface area (Å²) in [6, 6.07) is 0. The summed E-state index contributed by atoms with van der Waals surface area (Å²) < 4.78 is 4.61. The summed E-state index contributed by atoms with van der Waals surface area (Å²) in [5.41, 5.74) is 4.38. The zero-order chi connectivity index (χ0) is 5.91. The lowest BCUT2D eigenvalue weighted by Gasteiger charge is -2.18. The lowest BCUT2D eigenvalue weighted by atomic mass is 10.3. The maximum atomic E-state index is 8.34. The van der Waals surface area contributed by atoms with Gasteiger partial charge in [0.1, 0.15) is 5.72 Å². The molecule has 0 aliphatic rings. The largest absolute Gasteiger partial charge is 0.392 e. The second-order valence-electron chi connectivity index (χ2n) is 1.67. The molecule has 0 unspecified atom stereocenters. The molecule has 0 spiro atoms. The standard InChI is InChI=1S/C4H11NO2/c1-4(5,3-6)7-2/h6H,3,5H2,1-2H3/t4-/m0/s1. The van der Waals surface area contributed by atoms with Crippen molar-refractivity contribution in [3.8, 4) is 0 Å². The smallest absolute Gasteiger partial charge is 0.136 e. The lowest BCUT2D eigenvalue weighted by molar-refractivity contribution is -0.0324. The van der Waals surface area contributed by atoms with Gasteiger partial charge in [-0.3, -0.25) is 0 Å². The third-order valence-corrected chi connectivity index (χ3v) is 0.780. The first kappa shape index (κ1) is 6.88. The van der Waals surface area contributed by atoms with Gasteiger partial charge in [0.25, 0.3) is 0 Å². The Balaban J connectivity index is 3.36. The average Bonchev–Trinajstić information content (AvgIpc) is 1.68. The summed E-state index contributed by atoms with van der Waals surface area (Å²) in [6.07, 6.45) is 0. The summed E-state index contributed by atoms with van der Waals surface area (Å²) in [5, 5.41) is 8.34. The van der Waals surface area contributed by atoms with Crippen LogP contribution in [0, 0.1) is 0 Å². The molecule has 0 fully saturated rings. The third kappa shape index (κ3) is 2.56. The maximum Gasteiger partial charge on any atom is 0.136 e. The molecule has 1 atom stereocenters. The van der Waals surface area contributed by atoms with Crippen LogP contribution in [0.3, 0.4) is 0 Å². The molecule has 0 heterocycles. The quantitative estimate of drug-likeness (QED) is 0.456. The van der Waals surface area contributed by atoms with Crippen LogP contribution in [0.5, 0.6) is 0 Å². The van der Waals surface area contributed by atoms with Crippen molar-refractivity contribution in [2.75, 3.05) is 13.7 Å². The fourth-order valence-electron chi connectivity index (χ4n) is 0.0645. The molecule has 0 rings (SSSR count). The van der Waals surface area contributed by atoms with Crippen molar-refractivity contribution < 1.29 is 9.84 Å². The molecule has 0 aliphatic carbocycles. The summed E-state index contributed by atoms with van der Waals surface area (Å²) in [6.45, 7) is 1.45. The number of hydrogen-bond acceptors (Lipinski definition) is 3. The molecule has 0 aliphatic heterocycles. The van der Waals surface area contributed by atoms with E-state index >= 15 is 0 Å². The van der Waals surface area contributed by atoms with Crippen molar-refractivity contribution in [3.63, 3.8) is 0 Å². The van der Waals surface area contributed by atoms with E-state index in [1.165, 1.54) is 7.11 Å². The van der Waals surface area contributed by atoms with E-state index in [0.717, 1.165) is 0 Å². The van der Waals surface area contributed by atoms with Crippen LogP contribution in [0.1, 0.15) is 6.92 Å². The Hall–Kier alpha value is -0.120. The molecule has 0 aromatic carbocycles. The van der Waals surface area contributed by atoms with Gasteiger partial charge in [0.2, 0.25) is 0 Å². The predicted molar refractivity (Wildman–Crippen MR) is 26.7 cm³/mol. The number of ether oxygens (including phenoxy) is 1. The first-order chi connectivity index (χ1) is 3.12. The minimum absolute atomic E-state index is 0.149. The van der Waals surface area contributed by atoms with Gasteiger partial charge in [-0.15, -0.1) is 0 Å². The Labute approximate surface area is 43.1 Å². The molecule has 3 N–H and O–H groups in total. The minimum Gasteiger partial charge on any atom is -0.392 e. The summed E-state index contributed by atoms with van der Waals surface area (Å²) >= 11 is 0. The van der Waals surface area contributed by atoms with Gasteiger partial charge in [0.05, 0.1) is 6.61 Å². The molecular formula is C4H11NO2. The minimum atomic E-state index is -0.861. The fourth-order valence-corrected chi connectivity index (χ4v) is 0.0645. The molecule has 3 nitrogen and oxygen atoms in total. The second-order valence-corrected chi connectivity index (χ2v) is 1.67. The highest BCUT2D eigenvalue weighted by Crippen LogP contribution is 1.94. The Kier molecular flexibility index (Phi) is 2.22. The molecule has 0 bridgehead atoms. The fraction of sp³-hybridized carbons (Fsp3) is 1.00. The molecule has 7 heavy (non-hydrogen) atoms. The van der Waals surface area contributed by atoms with Crippen LogP contribution >= 0.6 is 0 Å². The number of aliphatic hydroxyl groups is 1. The predicted octanol–water partition coefficient (Wildman–Crippen LogP) is -0.700. The van der Waals surface area contributed by atoms with E-state index in [9.17, 15) is 0 Å². The molecule has 0 aromatic rings. The van der Waals surface area contributed by atoms with Crippen LogP contribution in [-0.2, 0) is 4.74 Å². The molecule has 44 valence electrons. The van der Waals surface area contributed by atoms with Crippen LogP contribution in [0.15, 0.2) is 0 Å². The second kappa shape index (κ2) is 2.26. The number of rotatable bonds is 2. The Morgan fingerprint density at radius 1 is 1.86 bits per heavy atom. The van der Waals surface area contributed by atoms with Crippen molar-refractivity contribution in [2.24, 2.45) is 5.73 Å². The number of methoxy groups -OCH3 is 1.